The quantitative estimate of drug-likeness (QED) is 0.755. The van der Waals surface area contributed by atoms with E-state index in [-0.39, 0.29) is 5.54 Å². The van der Waals surface area contributed by atoms with Crippen molar-refractivity contribution in [1.29, 1.82) is 0 Å². The Balaban J connectivity index is 2.86. The van der Waals surface area contributed by atoms with E-state index in [1.54, 1.807) is 0 Å². The molecule has 2 heteroatoms. The molecule has 0 aromatic rings. The highest BCUT2D eigenvalue weighted by molar-refractivity contribution is 4.98. The number of hydrogen-bond donors (Lipinski definition) is 1. The molecule has 0 aliphatic heterocycles. The van der Waals surface area contributed by atoms with E-state index < -0.39 is 0 Å². The molecule has 0 bridgehead atoms. The van der Waals surface area contributed by atoms with Gasteiger partial charge in [0.1, 0.15) is 0 Å². The lowest BCUT2D eigenvalue weighted by Gasteiger charge is -2.51. The van der Waals surface area contributed by atoms with Crippen LogP contribution in [0.1, 0.15) is 73.6 Å². The van der Waals surface area contributed by atoms with Crippen LogP contribution < -0.4 is 5.73 Å². The summed E-state index contributed by atoms with van der Waals surface area (Å²) in [5, 5.41) is 0. The van der Waals surface area contributed by atoms with Gasteiger partial charge in [0.2, 0.25) is 0 Å². The van der Waals surface area contributed by atoms with Crippen molar-refractivity contribution >= 4 is 0 Å². The van der Waals surface area contributed by atoms with E-state index in [1.807, 2.05) is 0 Å². The molecule has 1 saturated carbocycles. The van der Waals surface area contributed by atoms with Crippen molar-refractivity contribution in [3.05, 3.63) is 0 Å². The zero-order valence-corrected chi connectivity index (χ0v) is 14.8. The molecule has 0 aromatic carbocycles. The molecule has 1 fully saturated rings. The Kier molecular flexibility index (Phi) is 7.00. The van der Waals surface area contributed by atoms with Crippen LogP contribution in [0.2, 0.25) is 0 Å². The minimum atomic E-state index is 0.260. The first-order chi connectivity index (χ1) is 9.30. The van der Waals surface area contributed by atoms with Crippen molar-refractivity contribution in [2.45, 2.75) is 85.2 Å². The zero-order chi connectivity index (χ0) is 15.3. The Hall–Kier alpha value is -0.0800. The third kappa shape index (κ3) is 4.73. The second-order valence-corrected chi connectivity index (χ2v) is 8.16. The van der Waals surface area contributed by atoms with Gasteiger partial charge >= 0.3 is 0 Å². The first-order valence-corrected chi connectivity index (χ1v) is 8.77. The summed E-state index contributed by atoms with van der Waals surface area (Å²) in [5.74, 6) is 2.40. The molecule has 2 N–H and O–H groups in total. The van der Waals surface area contributed by atoms with Gasteiger partial charge < -0.3 is 5.73 Å². The summed E-state index contributed by atoms with van der Waals surface area (Å²) in [6, 6.07) is 0.596. The van der Waals surface area contributed by atoms with Gasteiger partial charge in [-0.25, -0.2) is 0 Å². The normalized spacial score (nSPS) is 28.1. The molecule has 1 rings (SSSR count). The van der Waals surface area contributed by atoms with Gasteiger partial charge in [0.05, 0.1) is 0 Å². The molecule has 1 aliphatic carbocycles. The van der Waals surface area contributed by atoms with Crippen LogP contribution in [0, 0.1) is 17.8 Å². The van der Waals surface area contributed by atoms with E-state index in [9.17, 15) is 0 Å². The minimum Gasteiger partial charge on any atom is -0.329 e. The Morgan fingerprint density at radius 3 is 2.20 bits per heavy atom. The summed E-state index contributed by atoms with van der Waals surface area (Å²) in [6.07, 6.45) is 6.74. The first-order valence-electron chi connectivity index (χ1n) is 8.77. The van der Waals surface area contributed by atoms with Gasteiger partial charge in [-0.05, 0) is 50.9 Å². The lowest BCUT2D eigenvalue weighted by molar-refractivity contribution is 0.000337. The number of nitrogens with two attached hydrogens (primary N) is 1. The fourth-order valence-electron chi connectivity index (χ4n) is 4.24. The molecule has 2 unspecified atom stereocenters. The van der Waals surface area contributed by atoms with E-state index in [2.05, 4.69) is 46.4 Å². The Labute approximate surface area is 127 Å². The fourth-order valence-corrected chi connectivity index (χ4v) is 4.24. The van der Waals surface area contributed by atoms with Gasteiger partial charge in [-0.1, -0.05) is 40.5 Å². The van der Waals surface area contributed by atoms with Gasteiger partial charge in [-0.15, -0.1) is 0 Å². The molecule has 2 atom stereocenters. The molecular weight excluding hydrogens is 244 g/mol. The van der Waals surface area contributed by atoms with E-state index in [0.29, 0.717) is 12.0 Å². The summed E-state index contributed by atoms with van der Waals surface area (Å²) in [6.45, 7) is 16.1. The smallest absolute Gasteiger partial charge is 0.0337 e. The molecular formula is C18H38N2. The van der Waals surface area contributed by atoms with Crippen LogP contribution in [-0.4, -0.2) is 29.6 Å². The van der Waals surface area contributed by atoms with Crippen LogP contribution in [0.25, 0.3) is 0 Å². The van der Waals surface area contributed by atoms with Crippen molar-refractivity contribution in [1.82, 2.24) is 4.90 Å². The van der Waals surface area contributed by atoms with Gasteiger partial charge in [0.15, 0.2) is 0 Å². The van der Waals surface area contributed by atoms with Crippen LogP contribution >= 0.6 is 0 Å². The van der Waals surface area contributed by atoms with Crippen LogP contribution in [0.5, 0.6) is 0 Å². The molecule has 0 amide bonds. The standard InChI is InChI=1S/C18H38N2/c1-14(2)10-17-8-7-9-18(11-17,13-19)20(16(5)6)12-15(3)4/h14-17H,7-13,19H2,1-6H3. The molecule has 120 valence electrons. The molecule has 0 heterocycles. The Bertz CT molecular complexity index is 273. The number of nitrogens with zero attached hydrogens (tertiary/aromatic N) is 1. The first kappa shape index (κ1) is 18.0. The highest BCUT2D eigenvalue weighted by Crippen LogP contribution is 2.40. The van der Waals surface area contributed by atoms with E-state index in [1.165, 1.54) is 38.6 Å². The summed E-state index contributed by atoms with van der Waals surface area (Å²) in [7, 11) is 0. The maximum absolute atomic E-state index is 6.30. The van der Waals surface area contributed by atoms with Crippen LogP contribution in [0.4, 0.5) is 0 Å². The summed E-state index contributed by atoms with van der Waals surface area (Å²) in [4.78, 5) is 2.73. The SMILES string of the molecule is CC(C)CC1CCCC(CN)(N(CC(C)C)C(C)C)C1. The predicted molar refractivity (Wildman–Crippen MR) is 89.9 cm³/mol. The molecule has 0 radical (unpaired) electrons. The maximum atomic E-state index is 6.30. The van der Waals surface area contributed by atoms with Crippen LogP contribution in [-0.2, 0) is 0 Å². The highest BCUT2D eigenvalue weighted by Gasteiger charge is 2.41. The second kappa shape index (κ2) is 7.79. The van der Waals surface area contributed by atoms with Crippen LogP contribution in [0.15, 0.2) is 0 Å². The lowest BCUT2D eigenvalue weighted by Crippen LogP contribution is -2.59. The molecule has 20 heavy (non-hydrogen) atoms. The maximum Gasteiger partial charge on any atom is 0.0337 e. The van der Waals surface area contributed by atoms with Gasteiger partial charge in [0, 0.05) is 24.7 Å². The molecule has 1 aliphatic rings. The number of rotatable bonds is 7. The fraction of sp³-hybridized carbons (Fsp3) is 1.00. The Morgan fingerprint density at radius 1 is 1.10 bits per heavy atom. The van der Waals surface area contributed by atoms with Gasteiger partial charge in [-0.2, -0.15) is 0 Å². The van der Waals surface area contributed by atoms with Crippen molar-refractivity contribution in [2.24, 2.45) is 23.5 Å². The second-order valence-electron chi connectivity index (χ2n) is 8.16. The van der Waals surface area contributed by atoms with Crippen molar-refractivity contribution in [3.8, 4) is 0 Å². The van der Waals surface area contributed by atoms with Gasteiger partial charge in [0.25, 0.3) is 0 Å². The molecule has 0 saturated heterocycles. The number of hydrogen-bond acceptors (Lipinski definition) is 2. The summed E-state index contributed by atoms with van der Waals surface area (Å²) in [5.41, 5.74) is 6.56. The topological polar surface area (TPSA) is 29.3 Å². The minimum absolute atomic E-state index is 0.260. The van der Waals surface area contributed by atoms with E-state index in [4.69, 9.17) is 5.73 Å². The van der Waals surface area contributed by atoms with Crippen molar-refractivity contribution < 1.29 is 0 Å². The van der Waals surface area contributed by atoms with Crippen molar-refractivity contribution in [2.75, 3.05) is 13.1 Å². The average molecular weight is 283 g/mol. The highest BCUT2D eigenvalue weighted by atomic mass is 15.2. The third-order valence-corrected chi connectivity index (χ3v) is 4.90. The largest absolute Gasteiger partial charge is 0.329 e. The van der Waals surface area contributed by atoms with E-state index in [0.717, 1.165) is 18.4 Å². The zero-order valence-electron chi connectivity index (χ0n) is 14.8. The van der Waals surface area contributed by atoms with E-state index >= 15 is 0 Å². The summed E-state index contributed by atoms with van der Waals surface area (Å²) < 4.78 is 0. The molecule has 2 nitrogen and oxygen atoms in total. The molecule has 0 spiro atoms. The van der Waals surface area contributed by atoms with Gasteiger partial charge in [-0.3, -0.25) is 4.90 Å². The third-order valence-electron chi connectivity index (χ3n) is 4.90. The monoisotopic (exact) mass is 282 g/mol. The predicted octanol–water partition coefficient (Wildman–Crippen LogP) is 4.29. The molecule has 0 aromatic heterocycles. The average Bonchev–Trinajstić information content (AvgIpc) is 2.34. The lowest BCUT2D eigenvalue weighted by atomic mass is 9.71. The Morgan fingerprint density at radius 2 is 1.75 bits per heavy atom. The van der Waals surface area contributed by atoms with Crippen LogP contribution in [0.3, 0.4) is 0 Å². The summed E-state index contributed by atoms with van der Waals surface area (Å²) >= 11 is 0. The van der Waals surface area contributed by atoms with Crippen molar-refractivity contribution in [3.63, 3.8) is 0 Å².